The molecule has 0 heterocycles. The number of fused-ring (bicyclic) bond motifs is 2. The first kappa shape index (κ1) is 19.4. The van der Waals surface area contributed by atoms with Gasteiger partial charge in [0.1, 0.15) is 17.3 Å². The maximum absolute atomic E-state index is 13.1. The number of hydrogen-bond donors (Lipinski definition) is 2. The molecule has 0 aromatic heterocycles. The molecule has 5 heteroatoms. The predicted molar refractivity (Wildman–Crippen MR) is 114 cm³/mol. The number of carbonyl (C=O) groups excluding carboxylic acids is 2. The molecule has 0 bridgehead atoms. The van der Waals surface area contributed by atoms with E-state index in [2.05, 4.69) is 15.9 Å². The number of hydrogen-bond acceptors (Lipinski definition) is 4. The average Bonchev–Trinajstić information content (AvgIpc) is 2.67. The van der Waals surface area contributed by atoms with Crippen LogP contribution in [-0.2, 0) is 4.79 Å². The van der Waals surface area contributed by atoms with Crippen molar-refractivity contribution in [2.24, 2.45) is 0 Å². The van der Waals surface area contributed by atoms with E-state index in [9.17, 15) is 19.8 Å². The quantitative estimate of drug-likeness (QED) is 0.565. The van der Waals surface area contributed by atoms with Gasteiger partial charge in [0.2, 0.25) is 5.78 Å². The number of rotatable bonds is 4. The molecule has 1 aliphatic rings. The largest absolute Gasteiger partial charge is 0.507 e. The maximum atomic E-state index is 13.1. The van der Waals surface area contributed by atoms with E-state index in [-0.39, 0.29) is 46.7 Å². The number of ketones is 2. The lowest BCUT2D eigenvalue weighted by Gasteiger charge is -2.34. The Morgan fingerprint density at radius 3 is 2.03 bits per heavy atom. The highest BCUT2D eigenvalue weighted by atomic mass is 79.9. The fraction of sp³-hybridized carbons (Fsp3) is 0.167. The van der Waals surface area contributed by atoms with Gasteiger partial charge in [-0.3, -0.25) is 4.79 Å². The van der Waals surface area contributed by atoms with Crippen molar-refractivity contribution < 1.29 is 19.8 Å². The molecule has 0 spiro atoms. The van der Waals surface area contributed by atoms with Gasteiger partial charge in [0, 0.05) is 22.7 Å². The molecular formula is C24H19BrO4. The molecule has 3 aromatic carbocycles. The van der Waals surface area contributed by atoms with Gasteiger partial charge in [-0.1, -0.05) is 52.3 Å². The van der Waals surface area contributed by atoms with Crippen molar-refractivity contribution in [2.45, 2.75) is 25.2 Å². The number of aromatic hydroxyl groups is 2. The summed E-state index contributed by atoms with van der Waals surface area (Å²) in [5.74, 6) is -1.26. The zero-order valence-corrected chi connectivity index (χ0v) is 17.3. The van der Waals surface area contributed by atoms with Crippen molar-refractivity contribution in [3.8, 4) is 11.5 Å². The van der Waals surface area contributed by atoms with Crippen LogP contribution in [0.5, 0.6) is 11.5 Å². The van der Waals surface area contributed by atoms with E-state index in [4.69, 9.17) is 0 Å². The molecule has 0 saturated carbocycles. The zero-order valence-electron chi connectivity index (χ0n) is 15.7. The smallest absolute Gasteiger partial charge is 0.201 e. The summed E-state index contributed by atoms with van der Waals surface area (Å²) in [6.45, 7) is 1.55. The molecule has 1 atom stereocenters. The van der Waals surface area contributed by atoms with Crippen molar-refractivity contribution in [1.29, 1.82) is 0 Å². The third kappa shape index (κ3) is 3.36. The van der Waals surface area contributed by atoms with Crippen molar-refractivity contribution in [1.82, 2.24) is 0 Å². The van der Waals surface area contributed by atoms with Crippen molar-refractivity contribution in [3.05, 3.63) is 93.0 Å². The van der Waals surface area contributed by atoms with Crippen molar-refractivity contribution >= 4 is 27.5 Å². The van der Waals surface area contributed by atoms with E-state index < -0.39 is 5.78 Å². The van der Waals surface area contributed by atoms with E-state index >= 15 is 0 Å². The van der Waals surface area contributed by atoms with Crippen LogP contribution in [0.25, 0.3) is 0 Å². The summed E-state index contributed by atoms with van der Waals surface area (Å²) in [7, 11) is 0. The number of phenols is 2. The topological polar surface area (TPSA) is 74.6 Å². The minimum Gasteiger partial charge on any atom is -0.507 e. The molecule has 146 valence electrons. The second-order valence-corrected chi connectivity index (χ2v) is 8.27. The number of carbonyl (C=O) groups is 2. The summed E-state index contributed by atoms with van der Waals surface area (Å²) in [5.41, 5.74) is 2.65. The number of Topliss-reactive ketones (excluding diaryl/α,β-unsaturated/α-hetero) is 1. The standard InChI is InChI=1S/C24H19BrO4/c1-13(26)11-18(14-5-2-6-15(25)12-14)21-16-7-3-9-19(27)22(16)24(29)23-17(21)8-4-10-20(23)28/h2-10,12,18,21,27-28H,11H2,1H3/t18-/m1/s1. The van der Waals surface area contributed by atoms with Gasteiger partial charge in [-0.05, 0) is 47.9 Å². The Balaban J connectivity index is 2.02. The van der Waals surface area contributed by atoms with Gasteiger partial charge in [0.05, 0.1) is 11.1 Å². The van der Waals surface area contributed by atoms with Crippen LogP contribution < -0.4 is 0 Å². The van der Waals surface area contributed by atoms with E-state index in [1.165, 1.54) is 12.1 Å². The summed E-state index contributed by atoms with van der Waals surface area (Å²) in [6, 6.07) is 17.7. The average molecular weight is 451 g/mol. The van der Waals surface area contributed by atoms with E-state index in [1.54, 1.807) is 19.1 Å². The Bertz CT molecular complexity index is 1080. The first-order valence-electron chi connectivity index (χ1n) is 9.32. The second-order valence-electron chi connectivity index (χ2n) is 7.36. The van der Waals surface area contributed by atoms with Gasteiger partial charge in [-0.25, -0.2) is 0 Å². The normalized spacial score (nSPS) is 14.2. The van der Waals surface area contributed by atoms with Crippen LogP contribution in [-0.4, -0.2) is 21.8 Å². The van der Waals surface area contributed by atoms with E-state index in [0.29, 0.717) is 11.1 Å². The van der Waals surface area contributed by atoms with Crippen LogP contribution in [0, 0.1) is 0 Å². The van der Waals surface area contributed by atoms with Crippen LogP contribution in [0.1, 0.15) is 57.8 Å². The predicted octanol–water partition coefficient (Wildman–Crippen LogP) is 5.30. The van der Waals surface area contributed by atoms with E-state index in [1.807, 2.05) is 36.4 Å². The summed E-state index contributed by atoms with van der Waals surface area (Å²) in [5, 5.41) is 20.9. The summed E-state index contributed by atoms with van der Waals surface area (Å²) in [6.07, 6.45) is 0.263. The fourth-order valence-corrected chi connectivity index (χ4v) is 4.75. The molecule has 0 fully saturated rings. The molecule has 0 radical (unpaired) electrons. The SMILES string of the molecule is CC(=O)C[C@H](c1cccc(Br)c1)C1c2cccc(O)c2C(=O)c2c(O)cccc21. The summed E-state index contributed by atoms with van der Waals surface area (Å²) < 4.78 is 0.891. The van der Waals surface area contributed by atoms with Crippen molar-refractivity contribution in [2.75, 3.05) is 0 Å². The molecule has 0 saturated heterocycles. The number of halogens is 1. The molecule has 0 amide bonds. The van der Waals surface area contributed by atoms with Gasteiger partial charge in [-0.15, -0.1) is 0 Å². The molecule has 4 nitrogen and oxygen atoms in total. The maximum Gasteiger partial charge on any atom is 0.201 e. The Morgan fingerprint density at radius 2 is 1.52 bits per heavy atom. The molecule has 0 aliphatic heterocycles. The fourth-order valence-electron chi connectivity index (χ4n) is 4.33. The third-order valence-electron chi connectivity index (χ3n) is 5.46. The molecule has 29 heavy (non-hydrogen) atoms. The Morgan fingerprint density at radius 1 is 0.966 bits per heavy atom. The highest BCUT2D eigenvalue weighted by Gasteiger charge is 2.39. The lowest BCUT2D eigenvalue weighted by Crippen LogP contribution is -2.25. The third-order valence-corrected chi connectivity index (χ3v) is 5.95. The monoisotopic (exact) mass is 450 g/mol. The van der Waals surface area contributed by atoms with Gasteiger partial charge in [-0.2, -0.15) is 0 Å². The van der Waals surface area contributed by atoms with Crippen LogP contribution in [0.3, 0.4) is 0 Å². The minimum absolute atomic E-state index is 0.0234. The molecule has 0 unspecified atom stereocenters. The van der Waals surface area contributed by atoms with Crippen LogP contribution in [0.2, 0.25) is 0 Å². The van der Waals surface area contributed by atoms with Gasteiger partial charge in [0.15, 0.2) is 0 Å². The first-order chi connectivity index (χ1) is 13.9. The van der Waals surface area contributed by atoms with Crippen LogP contribution in [0.4, 0.5) is 0 Å². The summed E-state index contributed by atoms with van der Waals surface area (Å²) in [4.78, 5) is 25.3. The Labute approximate surface area is 177 Å². The first-order valence-corrected chi connectivity index (χ1v) is 10.1. The highest BCUT2D eigenvalue weighted by Crippen LogP contribution is 2.50. The van der Waals surface area contributed by atoms with Gasteiger partial charge < -0.3 is 15.0 Å². The number of benzene rings is 3. The Hall–Kier alpha value is -2.92. The minimum atomic E-state index is -0.404. The molecule has 2 N–H and O–H groups in total. The van der Waals surface area contributed by atoms with Gasteiger partial charge >= 0.3 is 0 Å². The molecule has 1 aliphatic carbocycles. The lowest BCUT2D eigenvalue weighted by atomic mass is 9.68. The molecule has 4 rings (SSSR count). The van der Waals surface area contributed by atoms with Crippen LogP contribution in [0.15, 0.2) is 65.1 Å². The highest BCUT2D eigenvalue weighted by molar-refractivity contribution is 9.10. The lowest BCUT2D eigenvalue weighted by molar-refractivity contribution is -0.117. The molecular weight excluding hydrogens is 432 g/mol. The molecule has 3 aromatic rings. The second kappa shape index (κ2) is 7.48. The van der Waals surface area contributed by atoms with E-state index in [0.717, 1.165) is 10.0 Å². The zero-order chi connectivity index (χ0) is 20.7. The summed E-state index contributed by atoms with van der Waals surface area (Å²) >= 11 is 3.50. The van der Waals surface area contributed by atoms with Crippen LogP contribution >= 0.6 is 15.9 Å². The van der Waals surface area contributed by atoms with Gasteiger partial charge in [0.25, 0.3) is 0 Å². The number of phenolic OH excluding ortho intramolecular Hbond substituents is 2. The van der Waals surface area contributed by atoms with Crippen molar-refractivity contribution in [3.63, 3.8) is 0 Å². The Kier molecular flexibility index (Phi) is 5.01.